The third kappa shape index (κ3) is 3.29. The Kier molecular flexibility index (Phi) is 4.97. The molecule has 0 aliphatic heterocycles. The lowest BCUT2D eigenvalue weighted by atomic mass is 9.87. The van der Waals surface area contributed by atoms with Gasteiger partial charge in [-0.05, 0) is 47.1 Å². The van der Waals surface area contributed by atoms with E-state index in [-0.39, 0.29) is 0 Å². The average Bonchev–Trinajstić information content (AvgIpc) is 2.47. The fourth-order valence-corrected chi connectivity index (χ4v) is 2.67. The molecule has 106 valence electrons. The summed E-state index contributed by atoms with van der Waals surface area (Å²) in [5.41, 5.74) is 11.2. The van der Waals surface area contributed by atoms with E-state index in [2.05, 4.69) is 69.3 Å². The van der Waals surface area contributed by atoms with Crippen LogP contribution in [0.1, 0.15) is 50.2 Å². The maximum Gasteiger partial charge on any atom is -0.00715 e. The van der Waals surface area contributed by atoms with Gasteiger partial charge in [0.15, 0.2) is 0 Å². The summed E-state index contributed by atoms with van der Waals surface area (Å²) in [6.07, 6.45) is 1.04. The number of hydrogen-bond acceptors (Lipinski definition) is 1. The van der Waals surface area contributed by atoms with Gasteiger partial charge in [-0.3, -0.25) is 0 Å². The highest BCUT2D eigenvalue weighted by molar-refractivity contribution is 5.69. The van der Waals surface area contributed by atoms with Crippen molar-refractivity contribution in [3.05, 3.63) is 59.7 Å². The van der Waals surface area contributed by atoms with Gasteiger partial charge in [-0.25, -0.2) is 0 Å². The minimum Gasteiger partial charge on any atom is -0.330 e. The van der Waals surface area contributed by atoms with Crippen LogP contribution in [0.4, 0.5) is 0 Å². The fourth-order valence-electron chi connectivity index (χ4n) is 2.67. The van der Waals surface area contributed by atoms with Crippen molar-refractivity contribution < 1.29 is 0 Å². The van der Waals surface area contributed by atoms with Crippen molar-refractivity contribution in [3.8, 4) is 11.1 Å². The van der Waals surface area contributed by atoms with Crippen molar-refractivity contribution in [3.63, 3.8) is 0 Å². The molecule has 0 bridgehead atoms. The normalized spacial score (nSPS) is 12.7. The standard InChI is InChI=1S/C19H25N/c1-14(2)18-10-9-17(15(3)11-12-20)13-19(18)16-7-5-4-6-8-16/h4-10,13-15H,11-12,20H2,1-3H3. The van der Waals surface area contributed by atoms with Gasteiger partial charge in [0, 0.05) is 0 Å². The summed E-state index contributed by atoms with van der Waals surface area (Å²) >= 11 is 0. The largest absolute Gasteiger partial charge is 0.330 e. The number of nitrogens with two attached hydrogens (primary N) is 1. The lowest BCUT2D eigenvalue weighted by Crippen LogP contribution is -2.05. The molecule has 1 unspecified atom stereocenters. The van der Waals surface area contributed by atoms with Crippen LogP contribution in [-0.2, 0) is 0 Å². The van der Waals surface area contributed by atoms with Crippen LogP contribution in [0.2, 0.25) is 0 Å². The zero-order chi connectivity index (χ0) is 14.5. The molecule has 0 saturated carbocycles. The van der Waals surface area contributed by atoms with Crippen molar-refractivity contribution in [1.82, 2.24) is 0 Å². The van der Waals surface area contributed by atoms with Crippen LogP contribution >= 0.6 is 0 Å². The quantitative estimate of drug-likeness (QED) is 0.816. The Morgan fingerprint density at radius 3 is 2.25 bits per heavy atom. The molecular weight excluding hydrogens is 242 g/mol. The van der Waals surface area contributed by atoms with E-state index >= 15 is 0 Å². The maximum atomic E-state index is 5.69. The third-order valence-corrected chi connectivity index (χ3v) is 3.95. The first-order valence-electron chi connectivity index (χ1n) is 7.52. The van der Waals surface area contributed by atoms with E-state index in [1.165, 1.54) is 22.3 Å². The van der Waals surface area contributed by atoms with Gasteiger partial charge in [0.1, 0.15) is 0 Å². The van der Waals surface area contributed by atoms with Gasteiger partial charge >= 0.3 is 0 Å². The molecule has 0 aliphatic carbocycles. The van der Waals surface area contributed by atoms with Crippen LogP contribution in [0.15, 0.2) is 48.5 Å². The smallest absolute Gasteiger partial charge is 0.00715 e. The Morgan fingerprint density at radius 2 is 1.65 bits per heavy atom. The summed E-state index contributed by atoms with van der Waals surface area (Å²) in [7, 11) is 0. The van der Waals surface area contributed by atoms with Gasteiger partial charge in [0.05, 0.1) is 0 Å². The molecule has 0 fully saturated rings. The Hall–Kier alpha value is -1.60. The summed E-state index contributed by atoms with van der Waals surface area (Å²) < 4.78 is 0. The van der Waals surface area contributed by atoms with Crippen molar-refractivity contribution in [1.29, 1.82) is 0 Å². The minimum atomic E-state index is 0.517. The van der Waals surface area contributed by atoms with Crippen molar-refractivity contribution >= 4 is 0 Å². The second kappa shape index (κ2) is 6.71. The highest BCUT2D eigenvalue weighted by Gasteiger charge is 2.12. The first-order chi connectivity index (χ1) is 9.63. The first kappa shape index (κ1) is 14.8. The molecule has 1 nitrogen and oxygen atoms in total. The predicted molar refractivity (Wildman–Crippen MR) is 88.1 cm³/mol. The Bertz CT molecular complexity index is 543. The monoisotopic (exact) mass is 267 g/mol. The van der Waals surface area contributed by atoms with E-state index in [4.69, 9.17) is 5.73 Å². The summed E-state index contributed by atoms with van der Waals surface area (Å²) in [4.78, 5) is 0. The Labute approximate surface area is 122 Å². The van der Waals surface area contributed by atoms with Crippen LogP contribution in [0.25, 0.3) is 11.1 Å². The molecule has 0 amide bonds. The lowest BCUT2D eigenvalue weighted by molar-refractivity contribution is 0.689. The minimum absolute atomic E-state index is 0.517. The predicted octanol–water partition coefficient (Wildman–Crippen LogP) is 4.93. The first-order valence-corrected chi connectivity index (χ1v) is 7.52. The SMILES string of the molecule is CC(C)c1ccc(C(C)CCN)cc1-c1ccccc1. The molecule has 0 aromatic heterocycles. The fraction of sp³-hybridized carbons (Fsp3) is 0.368. The maximum absolute atomic E-state index is 5.69. The van der Waals surface area contributed by atoms with Crippen LogP contribution in [0.3, 0.4) is 0 Å². The van der Waals surface area contributed by atoms with E-state index in [1.54, 1.807) is 0 Å². The van der Waals surface area contributed by atoms with Gasteiger partial charge < -0.3 is 5.73 Å². The van der Waals surface area contributed by atoms with Crippen LogP contribution < -0.4 is 5.73 Å². The molecule has 0 heterocycles. The second-order valence-electron chi connectivity index (χ2n) is 5.85. The van der Waals surface area contributed by atoms with Crippen LogP contribution in [-0.4, -0.2) is 6.54 Å². The van der Waals surface area contributed by atoms with Crippen molar-refractivity contribution in [2.75, 3.05) is 6.54 Å². The molecule has 2 aromatic carbocycles. The van der Waals surface area contributed by atoms with Gasteiger partial charge in [0.25, 0.3) is 0 Å². The highest BCUT2D eigenvalue weighted by atomic mass is 14.5. The second-order valence-corrected chi connectivity index (χ2v) is 5.85. The number of benzene rings is 2. The van der Waals surface area contributed by atoms with E-state index in [0.717, 1.165) is 13.0 Å². The molecule has 2 aromatic rings. The average molecular weight is 267 g/mol. The summed E-state index contributed by atoms with van der Waals surface area (Å²) in [6, 6.07) is 17.6. The zero-order valence-electron chi connectivity index (χ0n) is 12.8. The zero-order valence-corrected chi connectivity index (χ0v) is 12.8. The summed E-state index contributed by atoms with van der Waals surface area (Å²) in [5, 5.41) is 0. The molecular formula is C19H25N. The molecule has 2 N–H and O–H groups in total. The summed E-state index contributed by atoms with van der Waals surface area (Å²) in [6.45, 7) is 7.51. The van der Waals surface area contributed by atoms with Crippen LogP contribution in [0.5, 0.6) is 0 Å². The molecule has 1 atom stereocenters. The summed E-state index contributed by atoms with van der Waals surface area (Å²) in [5.74, 6) is 1.05. The molecule has 0 spiro atoms. The Balaban J connectivity index is 2.48. The topological polar surface area (TPSA) is 26.0 Å². The van der Waals surface area contributed by atoms with E-state index in [0.29, 0.717) is 11.8 Å². The van der Waals surface area contributed by atoms with Crippen molar-refractivity contribution in [2.45, 2.75) is 39.0 Å². The van der Waals surface area contributed by atoms with Crippen molar-refractivity contribution in [2.24, 2.45) is 5.73 Å². The molecule has 20 heavy (non-hydrogen) atoms. The van der Waals surface area contributed by atoms with Gasteiger partial charge in [-0.15, -0.1) is 0 Å². The molecule has 0 radical (unpaired) electrons. The van der Waals surface area contributed by atoms with Gasteiger partial charge in [-0.1, -0.05) is 69.3 Å². The Morgan fingerprint density at radius 1 is 0.950 bits per heavy atom. The molecule has 1 heteroatoms. The number of hydrogen-bond donors (Lipinski definition) is 1. The molecule has 2 rings (SSSR count). The lowest BCUT2D eigenvalue weighted by Gasteiger charge is -2.18. The molecule has 0 aliphatic rings. The highest BCUT2D eigenvalue weighted by Crippen LogP contribution is 2.32. The van der Waals surface area contributed by atoms with Crippen LogP contribution in [0, 0.1) is 0 Å². The van der Waals surface area contributed by atoms with E-state index in [9.17, 15) is 0 Å². The third-order valence-electron chi connectivity index (χ3n) is 3.95. The van der Waals surface area contributed by atoms with E-state index < -0.39 is 0 Å². The molecule has 0 saturated heterocycles. The van der Waals surface area contributed by atoms with E-state index in [1.807, 2.05) is 0 Å². The number of rotatable bonds is 5. The van der Waals surface area contributed by atoms with Gasteiger partial charge in [0.2, 0.25) is 0 Å². The van der Waals surface area contributed by atoms with Gasteiger partial charge in [-0.2, -0.15) is 0 Å².